The van der Waals surface area contributed by atoms with E-state index in [1.807, 2.05) is 24.3 Å². The quantitative estimate of drug-likeness (QED) is 0.665. The maximum absolute atomic E-state index is 12.0. The fourth-order valence-corrected chi connectivity index (χ4v) is 2.41. The largest absolute Gasteiger partial charge is 0.439 e. The first-order valence-corrected chi connectivity index (χ1v) is 7.82. The van der Waals surface area contributed by atoms with E-state index in [9.17, 15) is 4.79 Å². The average Bonchev–Trinajstić information content (AvgIpc) is 2.96. The molecule has 7 heteroatoms. The molecule has 0 bridgehead atoms. The van der Waals surface area contributed by atoms with Crippen LogP contribution in [-0.2, 0) is 0 Å². The molecular weight excluding hydrogens is 382 g/mol. The minimum Gasteiger partial charge on any atom is -0.439 e. The first kappa shape index (κ1) is 15.6. The number of rotatable bonds is 4. The number of nitrogens with one attached hydrogen (secondary N) is 2. The highest BCUT2D eigenvalue weighted by atomic mass is 79.9. The van der Waals surface area contributed by atoms with Gasteiger partial charge in [-0.3, -0.25) is 4.79 Å². The van der Waals surface area contributed by atoms with E-state index in [1.54, 1.807) is 24.4 Å². The summed E-state index contributed by atoms with van der Waals surface area (Å²) in [5.41, 5.74) is 0.937. The number of aromatic nitrogens is 2. The standard InChI is InChI=1S/C16H11BrClN3O2/c17-10-2-1-3-13(6-10)23-15-5-4-12(9-20-15)21-16(22)14-7-11(18)8-19-14/h1-9,19H,(H,21,22). The zero-order chi connectivity index (χ0) is 16.2. The van der Waals surface area contributed by atoms with Crippen molar-refractivity contribution in [2.24, 2.45) is 0 Å². The van der Waals surface area contributed by atoms with Crippen LogP contribution in [-0.4, -0.2) is 15.9 Å². The van der Waals surface area contributed by atoms with Crippen molar-refractivity contribution in [1.29, 1.82) is 0 Å². The number of amides is 1. The van der Waals surface area contributed by atoms with Crippen LogP contribution in [0.3, 0.4) is 0 Å². The van der Waals surface area contributed by atoms with Crippen molar-refractivity contribution in [2.75, 3.05) is 5.32 Å². The fraction of sp³-hybridized carbons (Fsp3) is 0. The summed E-state index contributed by atoms with van der Waals surface area (Å²) < 4.78 is 6.55. The summed E-state index contributed by atoms with van der Waals surface area (Å²) >= 11 is 9.15. The van der Waals surface area contributed by atoms with Gasteiger partial charge in [0.25, 0.3) is 5.91 Å². The third-order valence-corrected chi connectivity index (χ3v) is 3.62. The third-order valence-electron chi connectivity index (χ3n) is 2.91. The number of pyridine rings is 1. The Kier molecular flexibility index (Phi) is 4.64. The summed E-state index contributed by atoms with van der Waals surface area (Å²) in [6.07, 6.45) is 3.07. The molecule has 3 rings (SSSR count). The van der Waals surface area contributed by atoms with Crippen LogP contribution >= 0.6 is 27.5 Å². The van der Waals surface area contributed by atoms with Crippen molar-refractivity contribution in [1.82, 2.24) is 9.97 Å². The molecule has 3 aromatic rings. The molecule has 0 aliphatic carbocycles. The van der Waals surface area contributed by atoms with Gasteiger partial charge in [0.2, 0.25) is 5.88 Å². The zero-order valence-corrected chi connectivity index (χ0v) is 14.1. The second-order valence-corrected chi connectivity index (χ2v) is 5.98. The summed E-state index contributed by atoms with van der Waals surface area (Å²) in [4.78, 5) is 18.9. The molecule has 23 heavy (non-hydrogen) atoms. The predicted molar refractivity (Wildman–Crippen MR) is 92.2 cm³/mol. The molecular formula is C16H11BrClN3O2. The maximum atomic E-state index is 12.0. The van der Waals surface area contributed by atoms with Crippen LogP contribution in [0.1, 0.15) is 10.5 Å². The Morgan fingerprint density at radius 2 is 2.13 bits per heavy atom. The summed E-state index contributed by atoms with van der Waals surface area (Å²) in [5.74, 6) is 0.813. The van der Waals surface area contributed by atoms with Crippen molar-refractivity contribution >= 4 is 39.1 Å². The van der Waals surface area contributed by atoms with Gasteiger partial charge < -0.3 is 15.0 Å². The molecule has 1 amide bonds. The van der Waals surface area contributed by atoms with E-state index in [-0.39, 0.29) is 5.91 Å². The van der Waals surface area contributed by atoms with Gasteiger partial charge >= 0.3 is 0 Å². The molecule has 116 valence electrons. The molecule has 2 heterocycles. The first-order chi connectivity index (χ1) is 11.1. The van der Waals surface area contributed by atoms with Gasteiger partial charge in [-0.25, -0.2) is 4.98 Å². The third kappa shape index (κ3) is 4.12. The molecule has 2 N–H and O–H groups in total. The molecule has 0 spiro atoms. The molecule has 0 aliphatic rings. The predicted octanol–water partition coefficient (Wildman–Crippen LogP) is 4.87. The molecule has 0 saturated heterocycles. The van der Waals surface area contributed by atoms with Gasteiger partial charge in [-0.15, -0.1) is 0 Å². The lowest BCUT2D eigenvalue weighted by molar-refractivity contribution is 0.102. The number of hydrogen-bond acceptors (Lipinski definition) is 3. The number of carbonyl (C=O) groups is 1. The Morgan fingerprint density at radius 1 is 1.26 bits per heavy atom. The van der Waals surface area contributed by atoms with Crippen molar-refractivity contribution in [3.63, 3.8) is 0 Å². The van der Waals surface area contributed by atoms with Crippen LogP contribution in [0.15, 0.2) is 59.3 Å². The second kappa shape index (κ2) is 6.85. The van der Waals surface area contributed by atoms with Crippen LogP contribution in [0.5, 0.6) is 11.6 Å². The van der Waals surface area contributed by atoms with Gasteiger partial charge in [0, 0.05) is 16.7 Å². The molecule has 0 unspecified atom stereocenters. The van der Waals surface area contributed by atoms with E-state index in [4.69, 9.17) is 16.3 Å². The van der Waals surface area contributed by atoms with E-state index in [0.717, 1.165) is 4.47 Å². The van der Waals surface area contributed by atoms with Crippen LogP contribution in [0, 0.1) is 0 Å². The smallest absolute Gasteiger partial charge is 0.272 e. The molecule has 1 aromatic carbocycles. The lowest BCUT2D eigenvalue weighted by atomic mass is 10.3. The lowest BCUT2D eigenvalue weighted by Gasteiger charge is -2.07. The molecule has 0 radical (unpaired) electrons. The van der Waals surface area contributed by atoms with E-state index < -0.39 is 0 Å². The summed E-state index contributed by atoms with van der Waals surface area (Å²) in [6.45, 7) is 0. The van der Waals surface area contributed by atoms with Crippen LogP contribution in [0.25, 0.3) is 0 Å². The summed E-state index contributed by atoms with van der Waals surface area (Å²) in [5, 5.41) is 3.20. The Bertz CT molecular complexity index is 833. The zero-order valence-electron chi connectivity index (χ0n) is 11.7. The molecule has 5 nitrogen and oxygen atoms in total. The van der Waals surface area contributed by atoms with Gasteiger partial charge in [-0.1, -0.05) is 33.6 Å². The monoisotopic (exact) mass is 391 g/mol. The highest BCUT2D eigenvalue weighted by molar-refractivity contribution is 9.10. The second-order valence-electron chi connectivity index (χ2n) is 4.63. The SMILES string of the molecule is O=C(Nc1ccc(Oc2cccc(Br)c2)nc1)c1cc(Cl)c[nH]1. The van der Waals surface area contributed by atoms with E-state index >= 15 is 0 Å². The lowest BCUT2D eigenvalue weighted by Crippen LogP contribution is -2.12. The number of H-pyrrole nitrogens is 1. The molecule has 2 aromatic heterocycles. The number of ether oxygens (including phenoxy) is 1. The maximum Gasteiger partial charge on any atom is 0.272 e. The van der Waals surface area contributed by atoms with E-state index in [1.165, 1.54) is 6.20 Å². The van der Waals surface area contributed by atoms with Crippen LogP contribution in [0.2, 0.25) is 5.02 Å². The summed E-state index contributed by atoms with van der Waals surface area (Å²) in [6, 6.07) is 12.4. The topological polar surface area (TPSA) is 67.0 Å². The van der Waals surface area contributed by atoms with Gasteiger partial charge in [-0.05, 0) is 30.3 Å². The minimum atomic E-state index is -0.292. The molecule has 0 atom stereocenters. The van der Waals surface area contributed by atoms with Gasteiger partial charge in [0.05, 0.1) is 16.9 Å². The Balaban J connectivity index is 1.66. The van der Waals surface area contributed by atoms with E-state index in [0.29, 0.717) is 28.0 Å². The molecule has 0 aliphatic heterocycles. The Hall–Kier alpha value is -2.31. The van der Waals surface area contributed by atoms with E-state index in [2.05, 4.69) is 31.2 Å². The van der Waals surface area contributed by atoms with Crippen molar-refractivity contribution in [3.8, 4) is 11.6 Å². The average molecular weight is 393 g/mol. The van der Waals surface area contributed by atoms with Crippen molar-refractivity contribution < 1.29 is 9.53 Å². The van der Waals surface area contributed by atoms with Gasteiger partial charge in [-0.2, -0.15) is 0 Å². The number of benzene rings is 1. The number of nitrogens with zero attached hydrogens (tertiary/aromatic N) is 1. The number of anilines is 1. The normalized spacial score (nSPS) is 10.3. The minimum absolute atomic E-state index is 0.292. The number of halogens is 2. The van der Waals surface area contributed by atoms with Crippen molar-refractivity contribution in [3.05, 3.63) is 70.0 Å². The van der Waals surface area contributed by atoms with Gasteiger partial charge in [0.15, 0.2) is 0 Å². The first-order valence-electron chi connectivity index (χ1n) is 6.65. The Morgan fingerprint density at radius 3 is 2.78 bits per heavy atom. The highest BCUT2D eigenvalue weighted by Gasteiger charge is 2.09. The number of hydrogen-bond donors (Lipinski definition) is 2. The number of aromatic amines is 1. The summed E-state index contributed by atoms with van der Waals surface area (Å²) in [7, 11) is 0. The Labute approximate surface area is 145 Å². The van der Waals surface area contributed by atoms with Crippen LogP contribution < -0.4 is 10.1 Å². The fourth-order valence-electron chi connectivity index (χ4n) is 1.86. The molecule has 0 saturated carbocycles. The molecule has 0 fully saturated rings. The highest BCUT2D eigenvalue weighted by Crippen LogP contribution is 2.23. The van der Waals surface area contributed by atoms with Gasteiger partial charge in [0.1, 0.15) is 11.4 Å². The van der Waals surface area contributed by atoms with Crippen LogP contribution in [0.4, 0.5) is 5.69 Å². The van der Waals surface area contributed by atoms with Crippen molar-refractivity contribution in [2.45, 2.75) is 0 Å². The number of carbonyl (C=O) groups excluding carboxylic acids is 1.